The molecule has 1 fully saturated rings. The van der Waals surface area contributed by atoms with Gasteiger partial charge in [0.1, 0.15) is 5.76 Å². The third-order valence-electron chi connectivity index (χ3n) is 3.17. The lowest BCUT2D eigenvalue weighted by molar-refractivity contribution is 0.262. The molecule has 0 radical (unpaired) electrons. The zero-order valence-corrected chi connectivity index (χ0v) is 10.4. The van der Waals surface area contributed by atoms with Crippen LogP contribution in [0.5, 0.6) is 0 Å². The summed E-state index contributed by atoms with van der Waals surface area (Å²) in [7, 11) is 2.12. The van der Waals surface area contributed by atoms with Crippen LogP contribution in [0.25, 0.3) is 0 Å². The first kappa shape index (κ1) is 11.6. The molecule has 1 aromatic rings. The van der Waals surface area contributed by atoms with Crippen LogP contribution in [0.3, 0.4) is 0 Å². The fourth-order valence-electron chi connectivity index (χ4n) is 2.19. The molecule has 0 bridgehead atoms. The average Bonchev–Trinajstić information content (AvgIpc) is 2.78. The molecule has 1 unspecified atom stereocenters. The standard InChI is InChI=1S/C12H21N3O/c1-9-10(2)16-12(14-9)8-15(3)7-11-5-4-6-13-11/h11,13H,4-8H2,1-3H3. The molecule has 16 heavy (non-hydrogen) atoms. The second-order valence-corrected chi connectivity index (χ2v) is 4.74. The first-order valence-corrected chi connectivity index (χ1v) is 6.00. The number of likely N-dealkylation sites (N-methyl/N-ethyl adjacent to an activating group) is 1. The van der Waals surface area contributed by atoms with Crippen molar-refractivity contribution in [2.24, 2.45) is 0 Å². The van der Waals surface area contributed by atoms with E-state index in [1.165, 1.54) is 12.8 Å². The van der Waals surface area contributed by atoms with Gasteiger partial charge < -0.3 is 9.73 Å². The van der Waals surface area contributed by atoms with Gasteiger partial charge in [-0.25, -0.2) is 4.98 Å². The average molecular weight is 223 g/mol. The van der Waals surface area contributed by atoms with Crippen LogP contribution in [0.15, 0.2) is 4.42 Å². The summed E-state index contributed by atoms with van der Waals surface area (Å²) in [6.07, 6.45) is 2.59. The van der Waals surface area contributed by atoms with E-state index in [4.69, 9.17) is 4.42 Å². The van der Waals surface area contributed by atoms with Crippen LogP contribution in [-0.2, 0) is 6.54 Å². The van der Waals surface area contributed by atoms with Gasteiger partial charge in [0.15, 0.2) is 0 Å². The minimum atomic E-state index is 0.641. The minimum absolute atomic E-state index is 0.641. The number of oxazole rings is 1. The molecule has 1 N–H and O–H groups in total. The summed E-state index contributed by atoms with van der Waals surface area (Å²) < 4.78 is 5.58. The summed E-state index contributed by atoms with van der Waals surface area (Å²) in [6, 6.07) is 0.641. The molecule has 0 amide bonds. The Kier molecular flexibility index (Phi) is 3.61. The largest absolute Gasteiger partial charge is 0.444 e. The Bertz CT molecular complexity index is 323. The van der Waals surface area contributed by atoms with Crippen LogP contribution < -0.4 is 5.32 Å². The van der Waals surface area contributed by atoms with E-state index < -0.39 is 0 Å². The SMILES string of the molecule is Cc1nc(CN(C)CC2CCCN2)oc1C. The maximum atomic E-state index is 5.58. The molecule has 2 heterocycles. The minimum Gasteiger partial charge on any atom is -0.444 e. The predicted octanol–water partition coefficient (Wildman–Crippen LogP) is 1.48. The van der Waals surface area contributed by atoms with Gasteiger partial charge in [0.25, 0.3) is 0 Å². The van der Waals surface area contributed by atoms with E-state index in [1.807, 2.05) is 13.8 Å². The number of aromatic nitrogens is 1. The topological polar surface area (TPSA) is 41.3 Å². The van der Waals surface area contributed by atoms with Crippen LogP contribution in [0.4, 0.5) is 0 Å². The number of hydrogen-bond acceptors (Lipinski definition) is 4. The number of aryl methyl sites for hydroxylation is 2. The first-order valence-electron chi connectivity index (χ1n) is 6.00. The van der Waals surface area contributed by atoms with Gasteiger partial charge in [-0.15, -0.1) is 0 Å². The molecule has 1 aromatic heterocycles. The highest BCUT2D eigenvalue weighted by molar-refractivity contribution is 5.05. The molecule has 1 atom stereocenters. The summed E-state index contributed by atoms with van der Waals surface area (Å²) in [4.78, 5) is 6.67. The molecule has 1 aliphatic rings. The molecule has 1 saturated heterocycles. The van der Waals surface area contributed by atoms with Crippen molar-refractivity contribution in [3.63, 3.8) is 0 Å². The van der Waals surface area contributed by atoms with Crippen molar-refractivity contribution >= 4 is 0 Å². The highest BCUT2D eigenvalue weighted by Gasteiger charge is 2.17. The number of hydrogen-bond donors (Lipinski definition) is 1. The smallest absolute Gasteiger partial charge is 0.208 e. The molecule has 4 heteroatoms. The van der Waals surface area contributed by atoms with Crippen LogP contribution in [-0.4, -0.2) is 36.1 Å². The summed E-state index contributed by atoms with van der Waals surface area (Å²) in [5.41, 5.74) is 1.00. The zero-order valence-electron chi connectivity index (χ0n) is 10.4. The maximum Gasteiger partial charge on any atom is 0.208 e. The van der Waals surface area contributed by atoms with E-state index in [2.05, 4.69) is 22.2 Å². The van der Waals surface area contributed by atoms with E-state index >= 15 is 0 Å². The van der Waals surface area contributed by atoms with Gasteiger partial charge >= 0.3 is 0 Å². The third-order valence-corrected chi connectivity index (χ3v) is 3.17. The van der Waals surface area contributed by atoms with Gasteiger partial charge in [-0.2, -0.15) is 0 Å². The van der Waals surface area contributed by atoms with Crippen molar-refractivity contribution in [3.8, 4) is 0 Å². The second kappa shape index (κ2) is 4.97. The van der Waals surface area contributed by atoms with E-state index in [0.29, 0.717) is 6.04 Å². The Hall–Kier alpha value is -0.870. The van der Waals surface area contributed by atoms with Crippen molar-refractivity contribution in [1.82, 2.24) is 15.2 Å². The van der Waals surface area contributed by atoms with Crippen molar-refractivity contribution in [2.75, 3.05) is 20.1 Å². The fraction of sp³-hybridized carbons (Fsp3) is 0.750. The Morgan fingerprint density at radius 3 is 2.88 bits per heavy atom. The molecule has 0 spiro atoms. The highest BCUT2D eigenvalue weighted by atomic mass is 16.4. The van der Waals surface area contributed by atoms with Gasteiger partial charge in [0, 0.05) is 12.6 Å². The van der Waals surface area contributed by atoms with E-state index in [-0.39, 0.29) is 0 Å². The summed E-state index contributed by atoms with van der Waals surface area (Å²) in [5, 5.41) is 3.50. The number of rotatable bonds is 4. The fourth-order valence-corrected chi connectivity index (χ4v) is 2.19. The molecule has 4 nitrogen and oxygen atoms in total. The highest BCUT2D eigenvalue weighted by Crippen LogP contribution is 2.11. The molecule has 0 aromatic carbocycles. The predicted molar refractivity (Wildman–Crippen MR) is 63.3 cm³/mol. The lowest BCUT2D eigenvalue weighted by Crippen LogP contribution is -2.35. The zero-order chi connectivity index (χ0) is 11.5. The van der Waals surface area contributed by atoms with Crippen LogP contribution in [0, 0.1) is 13.8 Å². The van der Waals surface area contributed by atoms with Crippen molar-refractivity contribution in [1.29, 1.82) is 0 Å². The number of nitrogens with zero attached hydrogens (tertiary/aromatic N) is 2. The monoisotopic (exact) mass is 223 g/mol. The molecule has 90 valence electrons. The third kappa shape index (κ3) is 2.83. The molecule has 1 aliphatic heterocycles. The van der Waals surface area contributed by atoms with E-state index in [0.717, 1.165) is 37.0 Å². The maximum absolute atomic E-state index is 5.58. The normalized spacial score (nSPS) is 20.9. The van der Waals surface area contributed by atoms with E-state index in [1.54, 1.807) is 0 Å². The first-order chi connectivity index (χ1) is 7.65. The van der Waals surface area contributed by atoms with Crippen LogP contribution in [0.2, 0.25) is 0 Å². The van der Waals surface area contributed by atoms with Gasteiger partial charge in [-0.1, -0.05) is 0 Å². The van der Waals surface area contributed by atoms with E-state index in [9.17, 15) is 0 Å². The molecular weight excluding hydrogens is 202 g/mol. The quantitative estimate of drug-likeness (QED) is 0.839. The lowest BCUT2D eigenvalue weighted by Gasteiger charge is -2.19. The molecule has 0 saturated carbocycles. The van der Waals surface area contributed by atoms with Crippen molar-refractivity contribution in [3.05, 3.63) is 17.3 Å². The summed E-state index contributed by atoms with van der Waals surface area (Å²) in [5.74, 6) is 1.76. The summed E-state index contributed by atoms with van der Waals surface area (Å²) >= 11 is 0. The number of nitrogens with one attached hydrogen (secondary N) is 1. The van der Waals surface area contributed by atoms with Gasteiger partial charge in [-0.05, 0) is 40.3 Å². The van der Waals surface area contributed by atoms with Gasteiger partial charge in [0.05, 0.1) is 12.2 Å². The van der Waals surface area contributed by atoms with Crippen LogP contribution >= 0.6 is 0 Å². The Morgan fingerprint density at radius 2 is 2.31 bits per heavy atom. The van der Waals surface area contributed by atoms with Gasteiger partial charge in [0.2, 0.25) is 5.89 Å². The molecule has 2 rings (SSSR count). The molecule has 0 aliphatic carbocycles. The molecular formula is C12H21N3O. The Morgan fingerprint density at radius 1 is 1.50 bits per heavy atom. The Balaban J connectivity index is 1.84. The Labute approximate surface area is 97.0 Å². The van der Waals surface area contributed by atoms with Crippen molar-refractivity contribution < 1.29 is 4.42 Å². The van der Waals surface area contributed by atoms with Gasteiger partial charge in [-0.3, -0.25) is 4.90 Å². The van der Waals surface area contributed by atoms with Crippen molar-refractivity contribution in [2.45, 2.75) is 39.3 Å². The summed E-state index contributed by atoms with van der Waals surface area (Å²) in [6.45, 7) is 6.98. The van der Waals surface area contributed by atoms with Crippen LogP contribution in [0.1, 0.15) is 30.2 Å². The second-order valence-electron chi connectivity index (χ2n) is 4.74. The lowest BCUT2D eigenvalue weighted by atomic mass is 10.2.